The summed E-state index contributed by atoms with van der Waals surface area (Å²) < 4.78 is 20.2. The van der Waals surface area contributed by atoms with Crippen LogP contribution in [-0.2, 0) is 28.5 Å². The Morgan fingerprint density at radius 2 is 1.25 bits per heavy atom. The van der Waals surface area contributed by atoms with Gasteiger partial charge in [0.15, 0.2) is 18.5 Å². The van der Waals surface area contributed by atoms with Gasteiger partial charge in [-0.2, -0.15) is 0 Å². The van der Waals surface area contributed by atoms with Crippen molar-refractivity contribution in [3.63, 3.8) is 0 Å². The summed E-state index contributed by atoms with van der Waals surface area (Å²) in [7, 11) is 0. The number of esters is 2. The van der Waals surface area contributed by atoms with Gasteiger partial charge in [-0.3, -0.25) is 0 Å². The van der Waals surface area contributed by atoms with Crippen LogP contribution in [-0.4, -0.2) is 43.7 Å². The van der Waals surface area contributed by atoms with Gasteiger partial charge in [0.2, 0.25) is 0 Å². The second-order valence-corrected chi connectivity index (χ2v) is 3.96. The molecule has 0 aromatic rings. The molecular formula is C14H22O6. The monoisotopic (exact) mass is 286 g/mol. The smallest absolute Gasteiger partial charge is 0.335 e. The van der Waals surface area contributed by atoms with Crippen molar-refractivity contribution in [2.75, 3.05) is 13.2 Å². The minimum atomic E-state index is -0.804. The zero-order valence-electron chi connectivity index (χ0n) is 12.2. The fraction of sp³-hybridized carbons (Fsp3) is 0.571. The van der Waals surface area contributed by atoms with E-state index in [1.165, 1.54) is 26.0 Å². The molecule has 0 saturated carbocycles. The fourth-order valence-electron chi connectivity index (χ4n) is 1.23. The van der Waals surface area contributed by atoms with Gasteiger partial charge in [0.1, 0.15) is 13.2 Å². The number of carbonyl (C=O) groups is 2. The van der Waals surface area contributed by atoms with E-state index in [4.69, 9.17) is 18.9 Å². The standard InChI is InChI=1S/C14H22O6/c1-6-8-17-13(15)10(3)19-12(5)20-11(4)14(16)18-9-7-2/h6-7,10-12H,1-2,8-9H2,3-5H3/t10-,11-/m0/s1. The number of rotatable bonds is 10. The van der Waals surface area contributed by atoms with E-state index in [1.54, 1.807) is 6.92 Å². The van der Waals surface area contributed by atoms with Gasteiger partial charge in [-0.05, 0) is 20.8 Å². The summed E-state index contributed by atoms with van der Waals surface area (Å²) >= 11 is 0. The molecule has 0 heterocycles. The van der Waals surface area contributed by atoms with Crippen LogP contribution >= 0.6 is 0 Å². The van der Waals surface area contributed by atoms with E-state index >= 15 is 0 Å². The molecule has 6 heteroatoms. The van der Waals surface area contributed by atoms with Crippen LogP contribution in [0.1, 0.15) is 20.8 Å². The molecule has 0 rings (SSSR count). The van der Waals surface area contributed by atoms with Crippen molar-refractivity contribution in [3.05, 3.63) is 25.3 Å². The van der Waals surface area contributed by atoms with Gasteiger partial charge in [0, 0.05) is 0 Å². The van der Waals surface area contributed by atoms with Crippen LogP contribution in [0.2, 0.25) is 0 Å². The number of ether oxygens (including phenoxy) is 4. The van der Waals surface area contributed by atoms with Crippen molar-refractivity contribution in [1.29, 1.82) is 0 Å². The predicted molar refractivity (Wildman–Crippen MR) is 72.9 cm³/mol. The molecule has 0 aliphatic rings. The molecule has 0 spiro atoms. The van der Waals surface area contributed by atoms with Gasteiger partial charge < -0.3 is 18.9 Å². The molecule has 0 aromatic carbocycles. The van der Waals surface area contributed by atoms with Gasteiger partial charge in [-0.15, -0.1) is 0 Å². The summed E-state index contributed by atoms with van der Waals surface area (Å²) in [6.45, 7) is 11.7. The zero-order chi connectivity index (χ0) is 15.5. The highest BCUT2D eigenvalue weighted by molar-refractivity contribution is 5.74. The van der Waals surface area contributed by atoms with Crippen LogP contribution in [0.25, 0.3) is 0 Å². The Hall–Kier alpha value is -1.66. The second-order valence-electron chi connectivity index (χ2n) is 3.96. The summed E-state index contributed by atoms with van der Waals surface area (Å²) in [5.74, 6) is -1.05. The first kappa shape index (κ1) is 18.3. The van der Waals surface area contributed by atoms with Gasteiger partial charge in [0.25, 0.3) is 0 Å². The predicted octanol–water partition coefficient (Wildman–Crippen LogP) is 1.60. The molecule has 0 unspecified atom stereocenters. The molecule has 0 bridgehead atoms. The Kier molecular flexibility index (Phi) is 9.32. The van der Waals surface area contributed by atoms with Crippen molar-refractivity contribution in [2.24, 2.45) is 0 Å². The lowest BCUT2D eigenvalue weighted by molar-refractivity contribution is -0.203. The van der Waals surface area contributed by atoms with Crippen LogP contribution in [0.5, 0.6) is 0 Å². The molecule has 0 N–H and O–H groups in total. The Morgan fingerprint density at radius 1 is 0.900 bits per heavy atom. The molecule has 2 atom stereocenters. The number of hydrogen-bond acceptors (Lipinski definition) is 6. The zero-order valence-corrected chi connectivity index (χ0v) is 12.2. The minimum absolute atomic E-state index is 0.117. The van der Waals surface area contributed by atoms with Crippen molar-refractivity contribution < 1.29 is 28.5 Å². The molecule has 0 aromatic heterocycles. The van der Waals surface area contributed by atoms with Crippen molar-refractivity contribution in [2.45, 2.75) is 39.3 Å². The van der Waals surface area contributed by atoms with Crippen LogP contribution in [0.15, 0.2) is 25.3 Å². The lowest BCUT2D eigenvalue weighted by Gasteiger charge is -2.21. The Bertz CT molecular complexity index is 307. The Labute approximate surface area is 119 Å². The van der Waals surface area contributed by atoms with Crippen molar-refractivity contribution in [3.8, 4) is 0 Å². The average Bonchev–Trinajstić information content (AvgIpc) is 2.41. The number of carbonyl (C=O) groups excluding carboxylic acids is 2. The highest BCUT2D eigenvalue weighted by Gasteiger charge is 2.22. The van der Waals surface area contributed by atoms with E-state index in [0.717, 1.165) is 0 Å². The third-order valence-corrected chi connectivity index (χ3v) is 2.14. The Morgan fingerprint density at radius 3 is 1.55 bits per heavy atom. The molecule has 6 nitrogen and oxygen atoms in total. The maximum absolute atomic E-state index is 11.4. The SMILES string of the molecule is C=CCOC(=O)[C@H](C)OC(C)O[C@@H](C)C(=O)OCC=C. The van der Waals surface area contributed by atoms with Crippen LogP contribution in [0.3, 0.4) is 0 Å². The first-order valence-corrected chi connectivity index (χ1v) is 6.28. The highest BCUT2D eigenvalue weighted by atomic mass is 16.7. The third-order valence-electron chi connectivity index (χ3n) is 2.14. The third kappa shape index (κ3) is 7.70. The largest absolute Gasteiger partial charge is 0.460 e. The summed E-state index contributed by atoms with van der Waals surface area (Å²) in [4.78, 5) is 22.9. The average molecular weight is 286 g/mol. The summed E-state index contributed by atoms with van der Waals surface area (Å²) in [6, 6.07) is 0. The highest BCUT2D eigenvalue weighted by Crippen LogP contribution is 2.06. The quantitative estimate of drug-likeness (QED) is 0.345. The lowest BCUT2D eigenvalue weighted by Crippen LogP contribution is -2.33. The molecule has 0 aliphatic carbocycles. The van der Waals surface area contributed by atoms with Crippen molar-refractivity contribution >= 4 is 11.9 Å². The molecule has 0 fully saturated rings. The molecule has 20 heavy (non-hydrogen) atoms. The minimum Gasteiger partial charge on any atom is -0.460 e. The molecule has 0 saturated heterocycles. The van der Waals surface area contributed by atoms with E-state index < -0.39 is 30.4 Å². The maximum atomic E-state index is 11.4. The van der Waals surface area contributed by atoms with Crippen LogP contribution in [0.4, 0.5) is 0 Å². The van der Waals surface area contributed by atoms with Crippen LogP contribution < -0.4 is 0 Å². The normalized spacial score (nSPS) is 13.4. The summed E-state index contributed by atoms with van der Waals surface area (Å²) in [5, 5.41) is 0. The van der Waals surface area contributed by atoms with E-state index in [2.05, 4.69) is 13.2 Å². The summed E-state index contributed by atoms with van der Waals surface area (Å²) in [5.41, 5.74) is 0. The Balaban J connectivity index is 4.10. The first-order chi connectivity index (χ1) is 9.42. The van der Waals surface area contributed by atoms with Gasteiger partial charge >= 0.3 is 11.9 Å². The van der Waals surface area contributed by atoms with Crippen molar-refractivity contribution in [1.82, 2.24) is 0 Å². The molecule has 0 amide bonds. The van der Waals surface area contributed by atoms with E-state index in [-0.39, 0.29) is 13.2 Å². The maximum Gasteiger partial charge on any atom is 0.335 e. The van der Waals surface area contributed by atoms with Crippen LogP contribution in [0, 0.1) is 0 Å². The fourth-order valence-corrected chi connectivity index (χ4v) is 1.23. The van der Waals surface area contributed by atoms with E-state index in [0.29, 0.717) is 0 Å². The second kappa shape index (κ2) is 10.2. The lowest BCUT2D eigenvalue weighted by atomic mass is 10.4. The first-order valence-electron chi connectivity index (χ1n) is 6.28. The van der Waals surface area contributed by atoms with E-state index in [1.807, 2.05) is 0 Å². The van der Waals surface area contributed by atoms with Gasteiger partial charge in [0.05, 0.1) is 0 Å². The van der Waals surface area contributed by atoms with E-state index in [9.17, 15) is 9.59 Å². The molecule has 0 aliphatic heterocycles. The van der Waals surface area contributed by atoms with Gasteiger partial charge in [-0.1, -0.05) is 25.3 Å². The molecular weight excluding hydrogens is 264 g/mol. The molecule has 114 valence electrons. The topological polar surface area (TPSA) is 71.1 Å². The molecule has 0 radical (unpaired) electrons. The summed E-state index contributed by atoms with van der Waals surface area (Å²) in [6.07, 6.45) is 0.556. The number of hydrogen-bond donors (Lipinski definition) is 0. The van der Waals surface area contributed by atoms with Gasteiger partial charge in [-0.25, -0.2) is 9.59 Å².